The van der Waals surface area contributed by atoms with Crippen LogP contribution in [0.2, 0.25) is 0 Å². The summed E-state index contributed by atoms with van der Waals surface area (Å²) in [5, 5.41) is 10.1. The van der Waals surface area contributed by atoms with E-state index in [0.29, 0.717) is 12.3 Å². The van der Waals surface area contributed by atoms with Crippen molar-refractivity contribution < 1.29 is 14.6 Å². The van der Waals surface area contributed by atoms with Gasteiger partial charge in [0.05, 0.1) is 0 Å². The lowest BCUT2D eigenvalue weighted by Gasteiger charge is -2.29. The number of hydrogen-bond acceptors (Lipinski definition) is 4. The first kappa shape index (κ1) is 10.7. The van der Waals surface area contributed by atoms with Gasteiger partial charge in [-0.2, -0.15) is 0 Å². The second-order valence-electron chi connectivity index (χ2n) is 4.89. The third-order valence-corrected chi connectivity index (χ3v) is 4.00. The van der Waals surface area contributed by atoms with Crippen LogP contribution >= 0.6 is 0 Å². The fourth-order valence-electron chi connectivity index (χ4n) is 3.08. The minimum atomic E-state index is -0.136. The van der Waals surface area contributed by atoms with Crippen LogP contribution < -0.4 is 15.2 Å². The lowest BCUT2D eigenvalue weighted by molar-refractivity contribution is 0.171. The summed E-state index contributed by atoms with van der Waals surface area (Å²) in [5.74, 6) is 1.69. The van der Waals surface area contributed by atoms with Crippen LogP contribution in [0.1, 0.15) is 31.2 Å². The predicted octanol–water partition coefficient (Wildman–Crippen LogP) is 1.89. The van der Waals surface area contributed by atoms with Crippen LogP contribution in [0.3, 0.4) is 0 Å². The van der Waals surface area contributed by atoms with Crippen LogP contribution in [-0.4, -0.2) is 18.4 Å². The van der Waals surface area contributed by atoms with Gasteiger partial charge in [0.2, 0.25) is 6.79 Å². The largest absolute Gasteiger partial charge is 0.508 e. The first-order valence-electron chi connectivity index (χ1n) is 6.09. The molecule has 1 aromatic rings. The van der Waals surface area contributed by atoms with E-state index in [-0.39, 0.29) is 18.0 Å². The summed E-state index contributed by atoms with van der Waals surface area (Å²) in [6.45, 7) is 0.771. The Morgan fingerprint density at radius 2 is 2.00 bits per heavy atom. The SMILES string of the molecule is NCC1(c2c(O)ccc3c2OCO3)CCCC1. The van der Waals surface area contributed by atoms with Gasteiger partial charge in [-0.1, -0.05) is 12.8 Å². The van der Waals surface area contributed by atoms with Crippen molar-refractivity contribution >= 4 is 0 Å². The Balaban J connectivity index is 2.16. The smallest absolute Gasteiger partial charge is 0.231 e. The lowest BCUT2D eigenvalue weighted by Crippen LogP contribution is -2.32. The van der Waals surface area contributed by atoms with Crippen LogP contribution in [0.25, 0.3) is 0 Å². The summed E-state index contributed by atoms with van der Waals surface area (Å²) in [6, 6.07) is 3.43. The zero-order valence-corrected chi connectivity index (χ0v) is 9.74. The molecule has 4 heteroatoms. The van der Waals surface area contributed by atoms with E-state index in [2.05, 4.69) is 0 Å². The summed E-state index contributed by atoms with van der Waals surface area (Å²) in [5.41, 5.74) is 6.67. The molecule has 1 heterocycles. The highest BCUT2D eigenvalue weighted by molar-refractivity contribution is 5.58. The molecule has 17 heavy (non-hydrogen) atoms. The highest BCUT2D eigenvalue weighted by Crippen LogP contribution is 2.52. The van der Waals surface area contributed by atoms with Gasteiger partial charge in [-0.25, -0.2) is 0 Å². The number of phenols is 1. The molecule has 92 valence electrons. The molecule has 0 radical (unpaired) electrons. The molecule has 1 fully saturated rings. The van der Waals surface area contributed by atoms with Crippen molar-refractivity contribution in [2.24, 2.45) is 5.73 Å². The third-order valence-electron chi connectivity index (χ3n) is 4.00. The molecule has 4 nitrogen and oxygen atoms in total. The van der Waals surface area contributed by atoms with Crippen LogP contribution in [0.4, 0.5) is 0 Å². The number of aromatic hydroxyl groups is 1. The average molecular weight is 235 g/mol. The van der Waals surface area contributed by atoms with Gasteiger partial charge in [0, 0.05) is 17.5 Å². The number of nitrogens with two attached hydrogens (primary N) is 1. The average Bonchev–Trinajstić information content (AvgIpc) is 2.97. The van der Waals surface area contributed by atoms with Gasteiger partial charge in [-0.15, -0.1) is 0 Å². The number of phenolic OH excluding ortho intramolecular Hbond substituents is 1. The number of rotatable bonds is 2. The third kappa shape index (κ3) is 1.47. The zero-order valence-electron chi connectivity index (χ0n) is 9.74. The number of fused-ring (bicyclic) bond motifs is 1. The molecule has 3 N–H and O–H groups in total. The summed E-state index contributed by atoms with van der Waals surface area (Å²) in [6.07, 6.45) is 4.33. The van der Waals surface area contributed by atoms with Crippen LogP contribution in [0.5, 0.6) is 17.2 Å². The van der Waals surface area contributed by atoms with E-state index >= 15 is 0 Å². The molecule has 1 aromatic carbocycles. The van der Waals surface area contributed by atoms with Crippen molar-refractivity contribution in [1.29, 1.82) is 0 Å². The lowest BCUT2D eigenvalue weighted by atomic mass is 9.78. The van der Waals surface area contributed by atoms with E-state index in [1.54, 1.807) is 12.1 Å². The molecule has 0 spiro atoms. The Bertz CT molecular complexity index is 439. The van der Waals surface area contributed by atoms with E-state index in [1.165, 1.54) is 0 Å². The molecule has 3 rings (SSSR count). The van der Waals surface area contributed by atoms with Gasteiger partial charge < -0.3 is 20.3 Å². The van der Waals surface area contributed by atoms with E-state index in [1.807, 2.05) is 0 Å². The van der Waals surface area contributed by atoms with Crippen molar-refractivity contribution in [1.82, 2.24) is 0 Å². The second-order valence-corrected chi connectivity index (χ2v) is 4.89. The Hall–Kier alpha value is -1.42. The van der Waals surface area contributed by atoms with Gasteiger partial charge >= 0.3 is 0 Å². The fraction of sp³-hybridized carbons (Fsp3) is 0.538. The molecular formula is C13H17NO3. The number of hydrogen-bond donors (Lipinski definition) is 2. The van der Waals surface area contributed by atoms with Crippen molar-refractivity contribution in [2.45, 2.75) is 31.1 Å². The van der Waals surface area contributed by atoms with Crippen molar-refractivity contribution in [2.75, 3.05) is 13.3 Å². The van der Waals surface area contributed by atoms with Gasteiger partial charge in [-0.3, -0.25) is 0 Å². The minimum Gasteiger partial charge on any atom is -0.508 e. The van der Waals surface area contributed by atoms with E-state index in [4.69, 9.17) is 15.2 Å². The van der Waals surface area contributed by atoms with Crippen LogP contribution in [0.15, 0.2) is 12.1 Å². The molecule has 1 aliphatic carbocycles. The number of ether oxygens (including phenoxy) is 2. The molecule has 0 unspecified atom stereocenters. The monoisotopic (exact) mass is 235 g/mol. The summed E-state index contributed by atoms with van der Waals surface area (Å²) >= 11 is 0. The van der Waals surface area contributed by atoms with E-state index in [9.17, 15) is 5.11 Å². The maximum absolute atomic E-state index is 10.1. The van der Waals surface area contributed by atoms with E-state index < -0.39 is 0 Å². The zero-order chi connectivity index (χ0) is 11.9. The molecule has 0 amide bonds. The first-order chi connectivity index (χ1) is 8.27. The molecule has 0 saturated heterocycles. The Kier molecular flexibility index (Phi) is 2.40. The normalized spacial score (nSPS) is 20.8. The highest BCUT2D eigenvalue weighted by Gasteiger charge is 2.40. The molecule has 1 aliphatic heterocycles. The van der Waals surface area contributed by atoms with Crippen molar-refractivity contribution in [3.8, 4) is 17.2 Å². The molecule has 2 aliphatic rings. The van der Waals surface area contributed by atoms with Gasteiger partial charge in [-0.05, 0) is 25.0 Å². The summed E-state index contributed by atoms with van der Waals surface area (Å²) < 4.78 is 10.9. The summed E-state index contributed by atoms with van der Waals surface area (Å²) in [4.78, 5) is 0. The highest BCUT2D eigenvalue weighted by atomic mass is 16.7. The molecular weight excluding hydrogens is 218 g/mol. The van der Waals surface area contributed by atoms with E-state index in [0.717, 1.165) is 37.0 Å². The van der Waals surface area contributed by atoms with Crippen LogP contribution in [-0.2, 0) is 5.41 Å². The Labute approximate surface area is 100 Å². The Morgan fingerprint density at radius 3 is 2.71 bits per heavy atom. The van der Waals surface area contributed by atoms with Crippen molar-refractivity contribution in [3.05, 3.63) is 17.7 Å². The maximum atomic E-state index is 10.1. The topological polar surface area (TPSA) is 64.7 Å². The molecule has 0 aromatic heterocycles. The summed E-state index contributed by atoms with van der Waals surface area (Å²) in [7, 11) is 0. The first-order valence-corrected chi connectivity index (χ1v) is 6.09. The van der Waals surface area contributed by atoms with Gasteiger partial charge in [0.1, 0.15) is 5.75 Å². The standard InChI is InChI=1S/C13H17NO3/c14-7-13(5-1-2-6-13)11-9(15)3-4-10-12(11)17-8-16-10/h3-4,15H,1-2,5-8,14H2. The predicted molar refractivity (Wildman–Crippen MR) is 63.4 cm³/mol. The quantitative estimate of drug-likeness (QED) is 0.821. The van der Waals surface area contributed by atoms with Crippen LogP contribution in [0, 0.1) is 0 Å². The second kappa shape index (κ2) is 3.81. The fourth-order valence-corrected chi connectivity index (χ4v) is 3.08. The van der Waals surface area contributed by atoms with Crippen molar-refractivity contribution in [3.63, 3.8) is 0 Å². The Morgan fingerprint density at radius 1 is 1.24 bits per heavy atom. The maximum Gasteiger partial charge on any atom is 0.231 e. The molecule has 0 bridgehead atoms. The minimum absolute atomic E-state index is 0.136. The van der Waals surface area contributed by atoms with Gasteiger partial charge in [0.25, 0.3) is 0 Å². The number of benzene rings is 1. The molecule has 0 atom stereocenters. The van der Waals surface area contributed by atoms with Gasteiger partial charge in [0.15, 0.2) is 11.5 Å². The molecule has 1 saturated carbocycles.